The van der Waals surface area contributed by atoms with Crippen LogP contribution in [-0.4, -0.2) is 73.0 Å². The summed E-state index contributed by atoms with van der Waals surface area (Å²) >= 11 is 0. The van der Waals surface area contributed by atoms with Crippen LogP contribution >= 0.6 is 0 Å². The quantitative estimate of drug-likeness (QED) is 0.558. The van der Waals surface area contributed by atoms with Gasteiger partial charge in [0.1, 0.15) is 0 Å². The number of para-hydroxylation sites is 1. The van der Waals surface area contributed by atoms with Crippen LogP contribution in [0.1, 0.15) is 32.3 Å². The van der Waals surface area contributed by atoms with Gasteiger partial charge in [-0.15, -0.1) is 0 Å². The van der Waals surface area contributed by atoms with E-state index in [2.05, 4.69) is 16.0 Å². The number of halogens is 3. The third kappa shape index (κ3) is 8.03. The monoisotopic (exact) mass is 457 g/mol. The number of carbonyl (C=O) groups is 3. The molecule has 1 aliphatic heterocycles. The van der Waals surface area contributed by atoms with Crippen molar-refractivity contribution in [2.45, 2.75) is 38.9 Å². The Balaban J connectivity index is 1.72. The summed E-state index contributed by atoms with van der Waals surface area (Å²) in [7, 11) is 0. The zero-order chi connectivity index (χ0) is 23.7. The van der Waals surface area contributed by atoms with E-state index in [1.165, 1.54) is 18.2 Å². The summed E-state index contributed by atoms with van der Waals surface area (Å²) in [5, 5.41) is 7.85. The van der Waals surface area contributed by atoms with Crippen LogP contribution < -0.4 is 16.0 Å². The number of benzene rings is 1. The van der Waals surface area contributed by atoms with Crippen molar-refractivity contribution < 1.29 is 27.6 Å². The zero-order valence-electron chi connectivity index (χ0n) is 18.3. The molecule has 0 spiro atoms. The molecule has 1 aliphatic rings. The highest BCUT2D eigenvalue weighted by molar-refractivity contribution is 5.93. The third-order valence-electron chi connectivity index (χ3n) is 5.18. The maximum Gasteiger partial charge on any atom is 0.418 e. The second-order valence-corrected chi connectivity index (χ2v) is 7.71. The van der Waals surface area contributed by atoms with E-state index in [9.17, 15) is 27.6 Å². The molecule has 11 heteroatoms. The van der Waals surface area contributed by atoms with Crippen molar-refractivity contribution in [3.8, 4) is 0 Å². The molecule has 0 bridgehead atoms. The van der Waals surface area contributed by atoms with Crippen LogP contribution in [0.25, 0.3) is 0 Å². The van der Waals surface area contributed by atoms with Gasteiger partial charge < -0.3 is 20.9 Å². The molecule has 1 aromatic rings. The second kappa shape index (κ2) is 11.7. The molecule has 1 atom stereocenters. The number of piperazine rings is 1. The third-order valence-corrected chi connectivity index (χ3v) is 5.18. The van der Waals surface area contributed by atoms with E-state index in [1.54, 1.807) is 9.80 Å². The fraction of sp³-hybridized carbons (Fsp3) is 0.571. The molecule has 3 N–H and O–H groups in total. The van der Waals surface area contributed by atoms with E-state index in [4.69, 9.17) is 0 Å². The van der Waals surface area contributed by atoms with Crippen LogP contribution in [0, 0.1) is 0 Å². The first-order chi connectivity index (χ1) is 15.1. The average molecular weight is 457 g/mol. The van der Waals surface area contributed by atoms with Crippen LogP contribution in [-0.2, 0) is 15.8 Å². The summed E-state index contributed by atoms with van der Waals surface area (Å²) in [6.07, 6.45) is -3.54. The van der Waals surface area contributed by atoms with Gasteiger partial charge in [-0.05, 0) is 25.5 Å². The molecule has 0 radical (unpaired) electrons. The lowest BCUT2D eigenvalue weighted by atomic mass is 10.1. The summed E-state index contributed by atoms with van der Waals surface area (Å²) in [6.45, 7) is 5.60. The predicted octanol–water partition coefficient (Wildman–Crippen LogP) is 2.28. The van der Waals surface area contributed by atoms with Gasteiger partial charge in [-0.3, -0.25) is 14.5 Å². The highest BCUT2D eigenvalue weighted by Crippen LogP contribution is 2.34. The predicted molar refractivity (Wildman–Crippen MR) is 114 cm³/mol. The minimum absolute atomic E-state index is 0.0720. The zero-order valence-corrected chi connectivity index (χ0v) is 18.3. The molecule has 4 amide bonds. The van der Waals surface area contributed by atoms with E-state index in [0.717, 1.165) is 12.5 Å². The SMILES string of the molecule is CCC(C)NC(=O)CCNC(=O)N1CCN(CC(=O)Nc2ccccc2C(F)(F)F)CC1. The number of anilines is 1. The Kier molecular flexibility index (Phi) is 9.30. The van der Waals surface area contributed by atoms with Crippen molar-refractivity contribution in [2.24, 2.45) is 0 Å². The van der Waals surface area contributed by atoms with Crippen LogP contribution in [0.15, 0.2) is 24.3 Å². The van der Waals surface area contributed by atoms with E-state index >= 15 is 0 Å². The lowest BCUT2D eigenvalue weighted by Crippen LogP contribution is -2.53. The molecule has 1 saturated heterocycles. The number of nitrogens with one attached hydrogen (secondary N) is 3. The van der Waals surface area contributed by atoms with Crippen LogP contribution in [0.3, 0.4) is 0 Å². The average Bonchev–Trinajstić information content (AvgIpc) is 2.73. The molecule has 0 aliphatic carbocycles. The van der Waals surface area contributed by atoms with Crippen LogP contribution in [0.4, 0.5) is 23.7 Å². The molecule has 1 unspecified atom stereocenters. The van der Waals surface area contributed by atoms with E-state index < -0.39 is 17.6 Å². The molecule has 1 fully saturated rings. The molecule has 0 aromatic heterocycles. The first kappa shape index (κ1) is 25.4. The minimum atomic E-state index is -4.56. The number of alkyl halides is 3. The number of hydrogen-bond donors (Lipinski definition) is 3. The standard InChI is InChI=1S/C21H30F3N5O3/c1-3-15(2)26-18(30)8-9-25-20(32)29-12-10-28(11-13-29)14-19(31)27-17-7-5-4-6-16(17)21(22,23)24/h4-7,15H,3,8-14H2,1-2H3,(H,25,32)(H,26,30)(H,27,31). The number of carbonyl (C=O) groups excluding carboxylic acids is 3. The van der Waals surface area contributed by atoms with Gasteiger partial charge in [-0.1, -0.05) is 19.1 Å². The minimum Gasteiger partial charge on any atom is -0.354 e. The summed E-state index contributed by atoms with van der Waals surface area (Å²) in [5.74, 6) is -0.672. The van der Waals surface area contributed by atoms with Crippen molar-refractivity contribution in [3.05, 3.63) is 29.8 Å². The highest BCUT2D eigenvalue weighted by Gasteiger charge is 2.33. The summed E-state index contributed by atoms with van der Waals surface area (Å²) < 4.78 is 39.2. The Bertz CT molecular complexity index is 795. The Morgan fingerprint density at radius 3 is 2.34 bits per heavy atom. The van der Waals surface area contributed by atoms with Gasteiger partial charge in [0.05, 0.1) is 17.8 Å². The fourth-order valence-electron chi connectivity index (χ4n) is 3.19. The lowest BCUT2D eigenvalue weighted by molar-refractivity contribution is -0.137. The van der Waals surface area contributed by atoms with Crippen molar-refractivity contribution in [3.63, 3.8) is 0 Å². The van der Waals surface area contributed by atoms with Gasteiger partial charge in [0.15, 0.2) is 0 Å². The summed E-state index contributed by atoms with van der Waals surface area (Å²) in [6, 6.07) is 4.62. The van der Waals surface area contributed by atoms with Crippen molar-refractivity contribution in [2.75, 3.05) is 44.6 Å². The fourth-order valence-corrected chi connectivity index (χ4v) is 3.19. The van der Waals surface area contributed by atoms with Gasteiger partial charge in [-0.25, -0.2) is 4.79 Å². The normalized spacial score (nSPS) is 15.7. The molecule has 1 aromatic carbocycles. The van der Waals surface area contributed by atoms with Gasteiger partial charge in [0, 0.05) is 45.2 Å². The topological polar surface area (TPSA) is 93.8 Å². The Hall–Kier alpha value is -2.82. The Labute approximate surface area is 185 Å². The Morgan fingerprint density at radius 1 is 1.06 bits per heavy atom. The highest BCUT2D eigenvalue weighted by atomic mass is 19.4. The van der Waals surface area contributed by atoms with E-state index in [-0.39, 0.29) is 43.2 Å². The molecular weight excluding hydrogens is 427 g/mol. The summed E-state index contributed by atoms with van der Waals surface area (Å²) in [4.78, 5) is 39.6. The lowest BCUT2D eigenvalue weighted by Gasteiger charge is -2.34. The number of hydrogen-bond acceptors (Lipinski definition) is 4. The first-order valence-corrected chi connectivity index (χ1v) is 10.6. The smallest absolute Gasteiger partial charge is 0.354 e. The number of urea groups is 1. The van der Waals surface area contributed by atoms with Crippen LogP contribution in [0.5, 0.6) is 0 Å². The number of rotatable bonds is 8. The van der Waals surface area contributed by atoms with Gasteiger partial charge >= 0.3 is 12.2 Å². The first-order valence-electron chi connectivity index (χ1n) is 10.6. The molecule has 32 heavy (non-hydrogen) atoms. The number of amides is 4. The van der Waals surface area contributed by atoms with Gasteiger partial charge in [-0.2, -0.15) is 13.2 Å². The van der Waals surface area contributed by atoms with E-state index in [0.29, 0.717) is 26.2 Å². The second-order valence-electron chi connectivity index (χ2n) is 7.71. The van der Waals surface area contributed by atoms with Gasteiger partial charge in [0.2, 0.25) is 11.8 Å². The maximum absolute atomic E-state index is 13.1. The molecule has 1 heterocycles. The van der Waals surface area contributed by atoms with Crippen molar-refractivity contribution >= 4 is 23.5 Å². The molecule has 0 saturated carbocycles. The molecule has 178 valence electrons. The number of nitrogens with zero attached hydrogens (tertiary/aromatic N) is 2. The maximum atomic E-state index is 13.1. The molecule has 8 nitrogen and oxygen atoms in total. The van der Waals surface area contributed by atoms with Crippen LogP contribution in [0.2, 0.25) is 0 Å². The molecular formula is C21H30F3N5O3. The molecule has 2 rings (SSSR count). The largest absolute Gasteiger partial charge is 0.418 e. The summed E-state index contributed by atoms with van der Waals surface area (Å²) in [5.41, 5.74) is -1.17. The van der Waals surface area contributed by atoms with E-state index in [1.807, 2.05) is 13.8 Å². The van der Waals surface area contributed by atoms with Crippen molar-refractivity contribution in [1.82, 2.24) is 20.4 Å². The van der Waals surface area contributed by atoms with Crippen molar-refractivity contribution in [1.29, 1.82) is 0 Å². The van der Waals surface area contributed by atoms with Gasteiger partial charge in [0.25, 0.3) is 0 Å². The Morgan fingerprint density at radius 2 is 1.72 bits per heavy atom.